The van der Waals surface area contributed by atoms with Crippen molar-refractivity contribution in [1.82, 2.24) is 9.36 Å². The Morgan fingerprint density at radius 2 is 2.00 bits per heavy atom. The zero-order valence-electron chi connectivity index (χ0n) is 11.9. The zero-order valence-corrected chi connectivity index (χ0v) is 12.7. The molecule has 0 fully saturated rings. The third-order valence-electron chi connectivity index (χ3n) is 3.04. The number of carboxylic acid groups (broad SMARTS) is 1. The van der Waals surface area contributed by atoms with E-state index in [9.17, 15) is 18.0 Å². The summed E-state index contributed by atoms with van der Waals surface area (Å²) in [4.78, 5) is 14.2. The van der Waals surface area contributed by atoms with Crippen LogP contribution in [-0.2, 0) is 17.4 Å². The van der Waals surface area contributed by atoms with Crippen molar-refractivity contribution in [1.29, 1.82) is 0 Å². The minimum Gasteiger partial charge on any atom is -0.481 e. The van der Waals surface area contributed by atoms with E-state index >= 15 is 0 Å². The number of halogens is 3. The number of aromatic nitrogens is 2. The van der Waals surface area contributed by atoms with Gasteiger partial charge in [0.25, 0.3) is 0 Å². The van der Waals surface area contributed by atoms with E-state index in [1.807, 2.05) is 30.3 Å². The molecule has 1 aromatic heterocycles. The fourth-order valence-electron chi connectivity index (χ4n) is 1.99. The maximum atomic E-state index is 12.5. The number of nitrogens with one attached hydrogen (secondary N) is 1. The molecule has 2 rings (SSSR count). The summed E-state index contributed by atoms with van der Waals surface area (Å²) >= 11 is 0.610. The Balaban J connectivity index is 2.07. The number of hydrogen-bond acceptors (Lipinski definition) is 5. The van der Waals surface area contributed by atoms with E-state index in [4.69, 9.17) is 5.11 Å². The maximum Gasteiger partial charge on any atom is 0.452 e. The van der Waals surface area contributed by atoms with Crippen molar-refractivity contribution in [3.05, 3.63) is 41.7 Å². The molecule has 0 amide bonds. The van der Waals surface area contributed by atoms with Gasteiger partial charge in [-0.3, -0.25) is 4.79 Å². The van der Waals surface area contributed by atoms with Crippen LogP contribution in [0.15, 0.2) is 30.3 Å². The largest absolute Gasteiger partial charge is 0.481 e. The van der Waals surface area contributed by atoms with E-state index in [1.165, 1.54) is 0 Å². The Morgan fingerprint density at radius 3 is 2.57 bits per heavy atom. The first-order chi connectivity index (χ1) is 10.8. The molecule has 1 aromatic carbocycles. The lowest BCUT2D eigenvalue weighted by Crippen LogP contribution is -2.23. The maximum absolute atomic E-state index is 12.5. The molecule has 2 N–H and O–H groups in total. The molecule has 0 aliphatic carbocycles. The molecule has 0 saturated heterocycles. The fourth-order valence-corrected chi connectivity index (χ4v) is 2.66. The van der Waals surface area contributed by atoms with Crippen LogP contribution in [0, 0.1) is 0 Å². The lowest BCUT2D eigenvalue weighted by molar-refractivity contribution is -0.144. The number of nitrogens with zero attached hydrogens (tertiary/aromatic N) is 2. The van der Waals surface area contributed by atoms with E-state index in [-0.39, 0.29) is 24.0 Å². The van der Waals surface area contributed by atoms with Gasteiger partial charge in [0.05, 0.1) is 0 Å². The van der Waals surface area contributed by atoms with Gasteiger partial charge in [0.15, 0.2) is 0 Å². The molecule has 9 heteroatoms. The highest BCUT2D eigenvalue weighted by molar-refractivity contribution is 7.09. The topological polar surface area (TPSA) is 75.1 Å². The van der Waals surface area contributed by atoms with Crippen LogP contribution in [0.25, 0.3) is 0 Å². The zero-order chi connectivity index (χ0) is 16.9. The summed E-state index contributed by atoms with van der Waals surface area (Å²) < 4.78 is 40.8. The predicted octanol–water partition coefficient (Wildman–Crippen LogP) is 3.44. The molecule has 124 valence electrons. The average molecular weight is 345 g/mol. The molecule has 0 saturated carbocycles. The predicted molar refractivity (Wildman–Crippen MR) is 79.3 cm³/mol. The number of alkyl halides is 3. The van der Waals surface area contributed by atoms with E-state index in [1.54, 1.807) is 0 Å². The normalized spacial score (nSPS) is 12.8. The molecule has 5 nitrogen and oxygen atoms in total. The molecule has 0 spiro atoms. The van der Waals surface area contributed by atoms with Gasteiger partial charge in [0.2, 0.25) is 11.0 Å². The second kappa shape index (κ2) is 7.40. The Morgan fingerprint density at radius 1 is 1.30 bits per heavy atom. The number of carbonyl (C=O) groups is 1. The Kier molecular flexibility index (Phi) is 5.54. The van der Waals surface area contributed by atoms with Gasteiger partial charge in [-0.1, -0.05) is 30.3 Å². The summed E-state index contributed by atoms with van der Waals surface area (Å²) in [6.45, 7) is 0. The first kappa shape index (κ1) is 17.2. The van der Waals surface area contributed by atoms with Crippen LogP contribution in [0.2, 0.25) is 0 Å². The van der Waals surface area contributed by atoms with Crippen molar-refractivity contribution in [2.45, 2.75) is 31.5 Å². The highest BCUT2D eigenvalue weighted by Gasteiger charge is 2.36. The van der Waals surface area contributed by atoms with Crippen LogP contribution in [0.4, 0.5) is 18.3 Å². The summed E-state index contributed by atoms with van der Waals surface area (Å²) in [6, 6.07) is 8.94. The van der Waals surface area contributed by atoms with Gasteiger partial charge in [-0.25, -0.2) is 0 Å². The standard InChI is InChI=1S/C14H14F3N3O2S/c15-14(16,17)12-19-13(23-20-12)18-10(6-7-11(21)22)8-9-4-2-1-3-5-9/h1-5,10H,6-8H2,(H,21,22)(H,18,19,20). The number of hydrogen-bond donors (Lipinski definition) is 2. The van der Waals surface area contributed by atoms with E-state index < -0.39 is 18.0 Å². The van der Waals surface area contributed by atoms with Gasteiger partial charge >= 0.3 is 12.1 Å². The van der Waals surface area contributed by atoms with Gasteiger partial charge in [-0.05, 0) is 18.4 Å². The van der Waals surface area contributed by atoms with Crippen molar-refractivity contribution in [2.75, 3.05) is 5.32 Å². The quantitative estimate of drug-likeness (QED) is 0.804. The number of anilines is 1. The number of benzene rings is 1. The van der Waals surface area contributed by atoms with Crippen LogP contribution < -0.4 is 5.32 Å². The second-order valence-corrected chi connectivity index (χ2v) is 5.64. The lowest BCUT2D eigenvalue weighted by atomic mass is 10.0. The van der Waals surface area contributed by atoms with Crippen LogP contribution in [0.1, 0.15) is 24.2 Å². The van der Waals surface area contributed by atoms with Gasteiger partial charge in [0.1, 0.15) is 0 Å². The molecule has 1 unspecified atom stereocenters. The van der Waals surface area contributed by atoms with Gasteiger partial charge < -0.3 is 10.4 Å². The minimum absolute atomic E-state index is 0.0312. The van der Waals surface area contributed by atoms with Crippen molar-refractivity contribution in [3.63, 3.8) is 0 Å². The van der Waals surface area contributed by atoms with Crippen molar-refractivity contribution < 1.29 is 23.1 Å². The Hall–Kier alpha value is -2.16. The summed E-state index contributed by atoms with van der Waals surface area (Å²) in [7, 11) is 0. The van der Waals surface area contributed by atoms with E-state index in [2.05, 4.69) is 14.7 Å². The molecule has 1 heterocycles. The average Bonchev–Trinajstić information content (AvgIpc) is 2.94. The van der Waals surface area contributed by atoms with E-state index in [0.29, 0.717) is 18.0 Å². The third-order valence-corrected chi connectivity index (χ3v) is 3.69. The number of rotatable bonds is 7. The van der Waals surface area contributed by atoms with Crippen LogP contribution in [0.5, 0.6) is 0 Å². The Labute approximate surface area is 134 Å². The van der Waals surface area contributed by atoms with E-state index in [0.717, 1.165) is 5.56 Å². The molecular formula is C14H14F3N3O2S. The van der Waals surface area contributed by atoms with Crippen molar-refractivity contribution >= 4 is 22.6 Å². The van der Waals surface area contributed by atoms with Gasteiger partial charge in [-0.2, -0.15) is 22.5 Å². The highest BCUT2D eigenvalue weighted by atomic mass is 32.1. The lowest BCUT2D eigenvalue weighted by Gasteiger charge is -2.17. The monoisotopic (exact) mass is 345 g/mol. The first-order valence-electron chi connectivity index (χ1n) is 6.78. The number of carboxylic acids is 1. The molecule has 0 radical (unpaired) electrons. The smallest absolute Gasteiger partial charge is 0.452 e. The summed E-state index contributed by atoms with van der Waals surface area (Å²) in [6.07, 6.45) is -3.93. The number of aliphatic carboxylic acids is 1. The summed E-state index contributed by atoms with van der Waals surface area (Å²) in [5.41, 5.74) is 0.955. The molecule has 0 aliphatic heterocycles. The molecule has 1 atom stereocenters. The first-order valence-corrected chi connectivity index (χ1v) is 7.55. The SMILES string of the molecule is O=C(O)CCC(Cc1ccccc1)Nc1nc(C(F)(F)F)ns1. The molecular weight excluding hydrogens is 331 g/mol. The Bertz CT molecular complexity index is 646. The second-order valence-electron chi connectivity index (χ2n) is 4.88. The van der Waals surface area contributed by atoms with Gasteiger partial charge in [-0.15, -0.1) is 0 Å². The van der Waals surface area contributed by atoms with Crippen LogP contribution >= 0.6 is 11.5 Å². The van der Waals surface area contributed by atoms with Crippen molar-refractivity contribution in [3.8, 4) is 0 Å². The van der Waals surface area contributed by atoms with Gasteiger partial charge in [0, 0.05) is 24.0 Å². The molecule has 23 heavy (non-hydrogen) atoms. The fraction of sp³-hybridized carbons (Fsp3) is 0.357. The summed E-state index contributed by atoms with van der Waals surface area (Å²) in [5, 5.41) is 11.7. The molecule has 2 aromatic rings. The third kappa shape index (κ3) is 5.51. The molecule has 0 bridgehead atoms. The highest BCUT2D eigenvalue weighted by Crippen LogP contribution is 2.29. The van der Waals surface area contributed by atoms with Crippen LogP contribution in [0.3, 0.4) is 0 Å². The van der Waals surface area contributed by atoms with Crippen LogP contribution in [-0.4, -0.2) is 26.5 Å². The minimum atomic E-state index is -4.59. The molecule has 0 aliphatic rings. The van der Waals surface area contributed by atoms with Crippen molar-refractivity contribution in [2.24, 2.45) is 0 Å². The summed E-state index contributed by atoms with van der Waals surface area (Å²) in [5.74, 6) is -2.15.